The molecule has 2 aromatic carbocycles. The molecule has 5 rings (SSSR count). The number of nitrogens with zero attached hydrogens (tertiary/aromatic N) is 2. The number of carbonyl (C=O) groups is 1. The van der Waals surface area contributed by atoms with E-state index in [9.17, 15) is 4.79 Å². The molecule has 0 bridgehead atoms. The van der Waals surface area contributed by atoms with Gasteiger partial charge in [-0.25, -0.2) is 0 Å². The number of benzene rings is 2. The number of fused-ring (bicyclic) bond motifs is 4. The van der Waals surface area contributed by atoms with Crippen LogP contribution < -0.4 is 19.5 Å². The van der Waals surface area contributed by atoms with Crippen molar-refractivity contribution < 1.29 is 19.0 Å². The number of ether oxygens (including phenoxy) is 3. The van der Waals surface area contributed by atoms with Crippen LogP contribution in [0.5, 0.6) is 17.2 Å². The lowest BCUT2D eigenvalue weighted by Crippen LogP contribution is -2.51. The van der Waals surface area contributed by atoms with Gasteiger partial charge in [-0.2, -0.15) is 0 Å². The van der Waals surface area contributed by atoms with Crippen molar-refractivity contribution in [1.82, 2.24) is 9.47 Å². The number of nitrogens with one attached hydrogen (secondary N) is 1. The van der Waals surface area contributed by atoms with Gasteiger partial charge in [-0.15, -0.1) is 0 Å². The highest BCUT2D eigenvalue weighted by atomic mass is 16.5. The molecule has 3 aromatic rings. The van der Waals surface area contributed by atoms with E-state index in [1.165, 1.54) is 11.4 Å². The standard InChI is InChI=1S/C26H29N3O4/c1-31-21-15-18(16-22(32-2)25(21)33-3)17-24(30)28-13-10-26(11-14-28)23-9-6-12-29(23)20-8-5-4-7-19(20)27-26/h4-9,12,15-16,27H,10-11,13-14,17H2,1-3H3. The van der Waals surface area contributed by atoms with Gasteiger partial charge in [-0.05, 0) is 54.8 Å². The minimum Gasteiger partial charge on any atom is -0.493 e. The zero-order valence-corrected chi connectivity index (χ0v) is 19.3. The molecule has 0 atom stereocenters. The lowest BCUT2D eigenvalue weighted by atomic mass is 9.82. The molecule has 172 valence electrons. The minimum absolute atomic E-state index is 0.103. The minimum atomic E-state index is -0.165. The highest BCUT2D eigenvalue weighted by Gasteiger charge is 2.42. The number of piperidine rings is 1. The third kappa shape index (κ3) is 3.57. The number of rotatable bonds is 5. The summed E-state index contributed by atoms with van der Waals surface area (Å²) in [4.78, 5) is 15.1. The largest absolute Gasteiger partial charge is 0.493 e. The highest BCUT2D eigenvalue weighted by Crippen LogP contribution is 2.43. The highest BCUT2D eigenvalue weighted by molar-refractivity contribution is 5.79. The van der Waals surface area contributed by atoms with Crippen LogP contribution in [0.2, 0.25) is 0 Å². The zero-order valence-electron chi connectivity index (χ0n) is 19.3. The molecule has 33 heavy (non-hydrogen) atoms. The fourth-order valence-corrected chi connectivity index (χ4v) is 5.14. The van der Waals surface area contributed by atoms with Gasteiger partial charge in [-0.3, -0.25) is 4.79 Å². The third-order valence-electron chi connectivity index (χ3n) is 6.83. The fraction of sp³-hybridized carbons (Fsp3) is 0.346. The summed E-state index contributed by atoms with van der Waals surface area (Å²) in [6.45, 7) is 1.40. The second-order valence-corrected chi connectivity index (χ2v) is 8.58. The van der Waals surface area contributed by atoms with Gasteiger partial charge in [0, 0.05) is 25.0 Å². The molecular weight excluding hydrogens is 418 g/mol. The first-order valence-corrected chi connectivity index (χ1v) is 11.2. The monoisotopic (exact) mass is 447 g/mol. The van der Waals surface area contributed by atoms with Crippen molar-refractivity contribution in [3.05, 3.63) is 66.0 Å². The topological polar surface area (TPSA) is 65.0 Å². The molecule has 1 N–H and O–H groups in total. The van der Waals surface area contributed by atoms with E-state index in [0.717, 1.165) is 24.1 Å². The molecule has 0 aliphatic carbocycles. The second-order valence-electron chi connectivity index (χ2n) is 8.58. The SMILES string of the molecule is COc1cc(CC(=O)N2CCC3(CC2)Nc2ccccc2-n2cccc23)cc(OC)c1OC. The molecule has 1 saturated heterocycles. The lowest BCUT2D eigenvalue weighted by Gasteiger charge is -2.46. The van der Waals surface area contributed by atoms with E-state index in [2.05, 4.69) is 52.5 Å². The van der Waals surface area contributed by atoms with Crippen molar-refractivity contribution in [1.29, 1.82) is 0 Å². The summed E-state index contributed by atoms with van der Waals surface area (Å²) in [5.74, 6) is 1.75. The van der Waals surface area contributed by atoms with Crippen LogP contribution in [0.4, 0.5) is 5.69 Å². The van der Waals surface area contributed by atoms with E-state index in [0.29, 0.717) is 30.3 Å². The van der Waals surface area contributed by atoms with E-state index in [1.807, 2.05) is 17.0 Å². The van der Waals surface area contributed by atoms with Crippen LogP contribution in [-0.4, -0.2) is 49.8 Å². The number of para-hydroxylation sites is 2. The van der Waals surface area contributed by atoms with Gasteiger partial charge in [0.25, 0.3) is 0 Å². The average Bonchev–Trinajstić information content (AvgIpc) is 3.35. The van der Waals surface area contributed by atoms with Crippen LogP contribution in [0.1, 0.15) is 24.1 Å². The fourth-order valence-electron chi connectivity index (χ4n) is 5.14. The molecule has 3 heterocycles. The van der Waals surface area contributed by atoms with E-state index in [4.69, 9.17) is 14.2 Å². The first-order valence-electron chi connectivity index (χ1n) is 11.2. The van der Waals surface area contributed by atoms with E-state index in [-0.39, 0.29) is 17.9 Å². The number of methoxy groups -OCH3 is 3. The lowest BCUT2D eigenvalue weighted by molar-refractivity contribution is -0.132. The van der Waals surface area contributed by atoms with Crippen LogP contribution in [0.25, 0.3) is 5.69 Å². The van der Waals surface area contributed by atoms with Gasteiger partial charge in [0.1, 0.15) is 0 Å². The van der Waals surface area contributed by atoms with E-state index >= 15 is 0 Å². The van der Waals surface area contributed by atoms with Crippen molar-refractivity contribution in [2.24, 2.45) is 0 Å². The van der Waals surface area contributed by atoms with Crippen molar-refractivity contribution >= 4 is 11.6 Å². The third-order valence-corrected chi connectivity index (χ3v) is 6.83. The molecule has 2 aliphatic heterocycles. The van der Waals surface area contributed by atoms with Crippen LogP contribution in [0.15, 0.2) is 54.7 Å². The Morgan fingerprint density at radius 1 is 0.970 bits per heavy atom. The predicted octanol–water partition coefficient (Wildman–Crippen LogP) is 3.99. The van der Waals surface area contributed by atoms with Crippen molar-refractivity contribution in [2.75, 3.05) is 39.7 Å². The molecule has 1 amide bonds. The Morgan fingerprint density at radius 3 is 2.33 bits per heavy atom. The molecule has 1 aromatic heterocycles. The molecule has 1 fully saturated rings. The molecule has 7 nitrogen and oxygen atoms in total. The Morgan fingerprint density at radius 2 is 1.67 bits per heavy atom. The zero-order chi connectivity index (χ0) is 23.0. The second kappa shape index (κ2) is 8.39. The summed E-state index contributed by atoms with van der Waals surface area (Å²) in [6, 6.07) is 16.4. The normalized spacial score (nSPS) is 15.9. The van der Waals surface area contributed by atoms with E-state index in [1.54, 1.807) is 21.3 Å². The first kappa shape index (κ1) is 21.2. The smallest absolute Gasteiger partial charge is 0.226 e. The number of carbonyl (C=O) groups excluding carboxylic acids is 1. The van der Waals surface area contributed by atoms with Gasteiger partial charge < -0.3 is 29.0 Å². The van der Waals surface area contributed by atoms with Gasteiger partial charge in [0.05, 0.1) is 44.7 Å². The quantitative estimate of drug-likeness (QED) is 0.641. The molecule has 0 unspecified atom stereocenters. The van der Waals surface area contributed by atoms with Crippen LogP contribution >= 0.6 is 0 Å². The summed E-state index contributed by atoms with van der Waals surface area (Å²) < 4.78 is 18.5. The molecule has 2 aliphatic rings. The number of anilines is 1. The molecule has 1 spiro atoms. The Kier molecular flexibility index (Phi) is 5.40. The number of hydrogen-bond donors (Lipinski definition) is 1. The maximum absolute atomic E-state index is 13.2. The molecule has 0 radical (unpaired) electrons. The van der Waals surface area contributed by atoms with Crippen LogP contribution in [0, 0.1) is 0 Å². The Bertz CT molecular complexity index is 1150. The Labute approximate surface area is 193 Å². The molecule has 7 heteroatoms. The maximum Gasteiger partial charge on any atom is 0.226 e. The number of amides is 1. The van der Waals surface area contributed by atoms with Crippen LogP contribution in [0.3, 0.4) is 0 Å². The van der Waals surface area contributed by atoms with Gasteiger partial charge in [-0.1, -0.05) is 12.1 Å². The van der Waals surface area contributed by atoms with Crippen LogP contribution in [-0.2, 0) is 16.8 Å². The summed E-state index contributed by atoms with van der Waals surface area (Å²) in [7, 11) is 4.74. The van der Waals surface area contributed by atoms with E-state index < -0.39 is 0 Å². The summed E-state index contributed by atoms with van der Waals surface area (Å²) >= 11 is 0. The van der Waals surface area contributed by atoms with Gasteiger partial charge in [0.2, 0.25) is 11.7 Å². The number of aromatic nitrogens is 1. The average molecular weight is 448 g/mol. The Balaban J connectivity index is 1.32. The van der Waals surface area contributed by atoms with Crippen molar-refractivity contribution in [3.63, 3.8) is 0 Å². The predicted molar refractivity (Wildman–Crippen MR) is 127 cm³/mol. The Hall–Kier alpha value is -3.61. The first-order chi connectivity index (χ1) is 16.1. The maximum atomic E-state index is 13.2. The van der Waals surface area contributed by atoms with Crippen molar-refractivity contribution in [2.45, 2.75) is 24.8 Å². The summed E-state index contributed by atoms with van der Waals surface area (Å²) in [6.07, 6.45) is 4.12. The summed E-state index contributed by atoms with van der Waals surface area (Å²) in [5.41, 5.74) is 4.25. The number of likely N-dealkylation sites (tertiary alicyclic amines) is 1. The summed E-state index contributed by atoms with van der Waals surface area (Å²) in [5, 5.41) is 3.80. The van der Waals surface area contributed by atoms with Gasteiger partial charge >= 0.3 is 0 Å². The van der Waals surface area contributed by atoms with Gasteiger partial charge in [0.15, 0.2) is 11.5 Å². The molecule has 0 saturated carbocycles. The molecular formula is C26H29N3O4. The number of hydrogen-bond acceptors (Lipinski definition) is 5. The van der Waals surface area contributed by atoms with Crippen molar-refractivity contribution in [3.8, 4) is 22.9 Å².